The lowest BCUT2D eigenvalue weighted by Crippen LogP contribution is -2.52. The summed E-state index contributed by atoms with van der Waals surface area (Å²) in [7, 11) is 1.95. The number of hydrogen-bond acceptors (Lipinski definition) is 5. The van der Waals surface area contributed by atoms with Gasteiger partial charge in [0.05, 0.1) is 11.0 Å². The molecule has 5 rings (SSSR count). The largest absolute Gasteiger partial charge is 0.352 e. The van der Waals surface area contributed by atoms with Gasteiger partial charge in [-0.1, -0.05) is 28.1 Å². The van der Waals surface area contributed by atoms with Crippen molar-refractivity contribution in [3.8, 4) is 0 Å². The second-order valence-electron chi connectivity index (χ2n) is 7.87. The summed E-state index contributed by atoms with van der Waals surface area (Å²) in [6.45, 7) is 0.894. The van der Waals surface area contributed by atoms with E-state index in [0.29, 0.717) is 25.1 Å². The van der Waals surface area contributed by atoms with Gasteiger partial charge in [0.15, 0.2) is 0 Å². The van der Waals surface area contributed by atoms with Crippen LogP contribution in [0.5, 0.6) is 0 Å². The van der Waals surface area contributed by atoms with E-state index in [2.05, 4.69) is 31.5 Å². The number of halogens is 1. The molecule has 1 fully saturated rings. The van der Waals surface area contributed by atoms with E-state index in [1.165, 1.54) is 0 Å². The topological polar surface area (TPSA) is 96.3 Å². The van der Waals surface area contributed by atoms with Crippen molar-refractivity contribution in [3.05, 3.63) is 57.6 Å². The first-order chi connectivity index (χ1) is 14.9. The molecular weight excluding hydrogens is 462 g/mol. The number of aromatic nitrogens is 2. The summed E-state index contributed by atoms with van der Waals surface area (Å²) in [5.74, 6) is -0.107. The summed E-state index contributed by atoms with van der Waals surface area (Å²) >= 11 is 3.47. The summed E-state index contributed by atoms with van der Waals surface area (Å²) in [5, 5.41) is 5.67. The van der Waals surface area contributed by atoms with Crippen LogP contribution in [0.1, 0.15) is 34.3 Å². The summed E-state index contributed by atoms with van der Waals surface area (Å²) in [6.07, 6.45) is 0.613. The Morgan fingerprint density at radius 2 is 2.03 bits per heavy atom. The molecule has 8 nitrogen and oxygen atoms in total. The summed E-state index contributed by atoms with van der Waals surface area (Å²) < 4.78 is 2.97. The highest BCUT2D eigenvalue weighted by atomic mass is 79.9. The van der Waals surface area contributed by atoms with E-state index in [-0.39, 0.29) is 18.2 Å². The van der Waals surface area contributed by atoms with Crippen LogP contribution in [0.15, 0.2) is 40.9 Å². The molecule has 0 spiro atoms. The van der Waals surface area contributed by atoms with Gasteiger partial charge in [0, 0.05) is 36.6 Å². The number of benzene rings is 2. The van der Waals surface area contributed by atoms with Gasteiger partial charge >= 0.3 is 0 Å². The van der Waals surface area contributed by atoms with Gasteiger partial charge in [-0.15, -0.1) is 0 Å². The molecule has 1 unspecified atom stereocenters. The van der Waals surface area contributed by atoms with Crippen molar-refractivity contribution in [2.75, 3.05) is 5.32 Å². The maximum atomic E-state index is 13.0. The lowest BCUT2D eigenvalue weighted by molar-refractivity contribution is -0.136. The number of nitrogens with zero attached hydrogens (tertiary/aromatic N) is 3. The molecule has 3 heterocycles. The average Bonchev–Trinajstić information content (AvgIpc) is 3.23. The van der Waals surface area contributed by atoms with Crippen LogP contribution in [0, 0.1) is 0 Å². The van der Waals surface area contributed by atoms with Crippen LogP contribution in [0.25, 0.3) is 11.0 Å². The fourth-order valence-electron chi connectivity index (χ4n) is 4.22. The van der Waals surface area contributed by atoms with Gasteiger partial charge < -0.3 is 14.8 Å². The van der Waals surface area contributed by atoms with E-state index in [0.717, 1.165) is 32.6 Å². The minimum atomic E-state index is -0.599. The standard InChI is InChI=1S/C22H20BrN5O3/c1-27-17-5-4-14(23)9-16(17)25-22(27)24-10-12-2-3-13-11-28(21(31)15(13)8-12)18-6-7-19(29)26-20(18)30/h2-5,8-9,18H,6-7,10-11H2,1H3,(H,24,25)(H,26,29,30). The van der Waals surface area contributed by atoms with Crippen molar-refractivity contribution >= 4 is 50.6 Å². The number of amides is 3. The molecule has 1 aromatic heterocycles. The van der Waals surface area contributed by atoms with Crippen LogP contribution in [0.4, 0.5) is 5.95 Å². The number of anilines is 1. The first-order valence-corrected chi connectivity index (χ1v) is 10.8. The maximum Gasteiger partial charge on any atom is 0.255 e. The Balaban J connectivity index is 1.33. The van der Waals surface area contributed by atoms with Crippen LogP contribution in [-0.2, 0) is 29.7 Å². The fourth-order valence-corrected chi connectivity index (χ4v) is 4.57. The van der Waals surface area contributed by atoms with Gasteiger partial charge in [-0.3, -0.25) is 19.7 Å². The van der Waals surface area contributed by atoms with E-state index in [1.807, 2.05) is 48.0 Å². The molecule has 9 heteroatoms. The zero-order chi connectivity index (χ0) is 21.7. The SMILES string of the molecule is Cn1c(NCc2ccc3c(c2)C(=O)N(C2CCC(=O)NC2=O)C3)nc2cc(Br)ccc21. The minimum Gasteiger partial charge on any atom is -0.352 e. The summed E-state index contributed by atoms with van der Waals surface area (Å²) in [5.41, 5.74) is 4.37. The maximum absolute atomic E-state index is 13.0. The van der Waals surface area contributed by atoms with E-state index >= 15 is 0 Å². The quantitative estimate of drug-likeness (QED) is 0.558. The number of imidazole rings is 1. The van der Waals surface area contributed by atoms with Crippen molar-refractivity contribution in [2.45, 2.75) is 32.0 Å². The molecule has 2 aliphatic heterocycles. The van der Waals surface area contributed by atoms with Gasteiger partial charge in [0.1, 0.15) is 6.04 Å². The number of imide groups is 1. The predicted molar refractivity (Wildman–Crippen MR) is 118 cm³/mol. The third-order valence-electron chi connectivity index (χ3n) is 5.89. The Hall–Kier alpha value is -3.20. The molecule has 1 saturated heterocycles. The average molecular weight is 482 g/mol. The minimum absolute atomic E-state index is 0.168. The van der Waals surface area contributed by atoms with Crippen molar-refractivity contribution in [2.24, 2.45) is 7.05 Å². The Bertz CT molecular complexity index is 1250. The summed E-state index contributed by atoms with van der Waals surface area (Å²) in [6, 6.07) is 11.1. The molecule has 0 bridgehead atoms. The molecule has 0 aliphatic carbocycles. The highest BCUT2D eigenvalue weighted by Gasteiger charge is 2.39. The normalized spacial score (nSPS) is 18.5. The second-order valence-corrected chi connectivity index (χ2v) is 8.79. The number of fused-ring (bicyclic) bond motifs is 2. The van der Waals surface area contributed by atoms with Crippen molar-refractivity contribution in [1.29, 1.82) is 0 Å². The van der Waals surface area contributed by atoms with Crippen LogP contribution >= 0.6 is 15.9 Å². The van der Waals surface area contributed by atoms with Gasteiger partial charge in [-0.05, 0) is 41.8 Å². The molecule has 2 N–H and O–H groups in total. The molecule has 31 heavy (non-hydrogen) atoms. The molecular formula is C22H20BrN5O3. The number of aryl methyl sites for hydroxylation is 1. The van der Waals surface area contributed by atoms with Crippen LogP contribution in [0.2, 0.25) is 0 Å². The van der Waals surface area contributed by atoms with E-state index in [4.69, 9.17) is 0 Å². The molecule has 158 valence electrons. The van der Waals surface area contributed by atoms with E-state index in [1.54, 1.807) is 4.90 Å². The third kappa shape index (κ3) is 3.48. The van der Waals surface area contributed by atoms with Crippen molar-refractivity contribution < 1.29 is 14.4 Å². The van der Waals surface area contributed by atoms with Gasteiger partial charge in [-0.25, -0.2) is 4.98 Å². The monoisotopic (exact) mass is 481 g/mol. The first kappa shape index (κ1) is 19.7. The highest BCUT2D eigenvalue weighted by Crippen LogP contribution is 2.29. The van der Waals surface area contributed by atoms with Crippen LogP contribution in [0.3, 0.4) is 0 Å². The Morgan fingerprint density at radius 1 is 1.19 bits per heavy atom. The number of carbonyl (C=O) groups excluding carboxylic acids is 3. The molecule has 3 aromatic rings. The van der Waals surface area contributed by atoms with Crippen LogP contribution in [-0.4, -0.2) is 38.2 Å². The Labute approximate surface area is 186 Å². The third-order valence-corrected chi connectivity index (χ3v) is 6.38. The molecule has 0 radical (unpaired) electrons. The number of piperidine rings is 1. The number of rotatable bonds is 4. The van der Waals surface area contributed by atoms with Crippen molar-refractivity contribution in [1.82, 2.24) is 19.8 Å². The molecule has 2 aromatic carbocycles. The first-order valence-electron chi connectivity index (χ1n) is 10.0. The number of nitrogens with one attached hydrogen (secondary N) is 2. The van der Waals surface area contributed by atoms with E-state index < -0.39 is 11.9 Å². The summed E-state index contributed by atoms with van der Waals surface area (Å²) in [4.78, 5) is 42.8. The van der Waals surface area contributed by atoms with E-state index in [9.17, 15) is 14.4 Å². The predicted octanol–water partition coefficient (Wildman–Crippen LogP) is 2.71. The lowest BCUT2D eigenvalue weighted by atomic mass is 10.0. The van der Waals surface area contributed by atoms with Crippen molar-refractivity contribution in [3.63, 3.8) is 0 Å². The molecule has 2 aliphatic rings. The fraction of sp³-hybridized carbons (Fsp3) is 0.273. The zero-order valence-electron chi connectivity index (χ0n) is 16.8. The molecule has 3 amide bonds. The lowest BCUT2D eigenvalue weighted by Gasteiger charge is -2.29. The smallest absolute Gasteiger partial charge is 0.255 e. The number of carbonyl (C=O) groups is 3. The van der Waals surface area contributed by atoms with Crippen LogP contribution < -0.4 is 10.6 Å². The van der Waals surface area contributed by atoms with Gasteiger partial charge in [0.2, 0.25) is 17.8 Å². The zero-order valence-corrected chi connectivity index (χ0v) is 18.4. The Morgan fingerprint density at radius 3 is 2.84 bits per heavy atom. The second kappa shape index (κ2) is 7.49. The number of hydrogen-bond donors (Lipinski definition) is 2. The van der Waals surface area contributed by atoms with Gasteiger partial charge in [0.25, 0.3) is 5.91 Å². The van der Waals surface area contributed by atoms with Gasteiger partial charge in [-0.2, -0.15) is 0 Å². The Kier molecular flexibility index (Phi) is 4.77. The molecule has 1 atom stereocenters. The molecule has 0 saturated carbocycles. The highest BCUT2D eigenvalue weighted by molar-refractivity contribution is 9.10.